The van der Waals surface area contributed by atoms with Crippen LogP contribution in [0.25, 0.3) is 0 Å². The molecule has 0 heterocycles. The summed E-state index contributed by atoms with van der Waals surface area (Å²) in [5.41, 5.74) is -0.755. The molecule has 0 aliphatic rings. The Kier molecular flexibility index (Phi) is 6.20. The average molecular weight is 321 g/mol. The number of hydrogen-bond acceptors (Lipinski definition) is 4. The summed E-state index contributed by atoms with van der Waals surface area (Å²) in [6.45, 7) is 6.27. The van der Waals surface area contributed by atoms with E-state index in [2.05, 4.69) is 5.32 Å². The van der Waals surface area contributed by atoms with Crippen LogP contribution in [0.4, 0.5) is 0 Å². The lowest BCUT2D eigenvalue weighted by atomic mass is 10.1. The van der Waals surface area contributed by atoms with Gasteiger partial charge in [0.1, 0.15) is 5.60 Å². The van der Waals surface area contributed by atoms with E-state index in [4.69, 9.17) is 39.5 Å². The molecular formula is C10H16Cl3NO4. The van der Waals surface area contributed by atoms with Crippen LogP contribution in [0.15, 0.2) is 0 Å². The van der Waals surface area contributed by atoms with E-state index < -0.39 is 33.4 Å². The van der Waals surface area contributed by atoms with Crippen molar-refractivity contribution in [2.75, 3.05) is 0 Å². The summed E-state index contributed by atoms with van der Waals surface area (Å²) in [6.07, 6.45) is -1.18. The third kappa shape index (κ3) is 6.64. The van der Waals surface area contributed by atoms with Crippen molar-refractivity contribution >= 4 is 46.7 Å². The monoisotopic (exact) mass is 319 g/mol. The summed E-state index contributed by atoms with van der Waals surface area (Å²) in [5, 5.41) is 11.6. The molecule has 0 bridgehead atoms. The maximum absolute atomic E-state index is 11.7. The smallest absolute Gasteiger partial charge is 0.331 e. The highest BCUT2D eigenvalue weighted by Crippen LogP contribution is 2.26. The minimum atomic E-state index is -2.21. The maximum Gasteiger partial charge on any atom is 0.331 e. The lowest BCUT2D eigenvalue weighted by molar-refractivity contribution is -0.161. The molecule has 0 aliphatic carbocycles. The van der Waals surface area contributed by atoms with Crippen LogP contribution in [0.1, 0.15) is 27.7 Å². The van der Waals surface area contributed by atoms with E-state index in [1.807, 2.05) is 0 Å². The number of rotatable bonds is 3. The summed E-state index contributed by atoms with van der Waals surface area (Å²) in [5.74, 6) is -1.82. The molecule has 106 valence electrons. The first-order chi connectivity index (χ1) is 7.84. The first-order valence-electron chi connectivity index (χ1n) is 5.13. The van der Waals surface area contributed by atoms with Gasteiger partial charge in [0.2, 0.25) is 0 Å². The second-order valence-electron chi connectivity index (χ2n) is 4.72. The number of esters is 1. The van der Waals surface area contributed by atoms with Gasteiger partial charge in [-0.3, -0.25) is 4.79 Å². The van der Waals surface area contributed by atoms with Gasteiger partial charge in [0.05, 0.1) is 6.10 Å². The van der Waals surface area contributed by atoms with E-state index in [1.165, 1.54) is 6.92 Å². The van der Waals surface area contributed by atoms with E-state index >= 15 is 0 Å². The van der Waals surface area contributed by atoms with Gasteiger partial charge in [0, 0.05) is 0 Å². The number of nitrogens with one attached hydrogen (secondary N) is 1. The fourth-order valence-electron chi connectivity index (χ4n) is 0.965. The zero-order chi connectivity index (χ0) is 14.7. The highest BCUT2D eigenvalue weighted by Gasteiger charge is 2.37. The predicted molar refractivity (Wildman–Crippen MR) is 69.7 cm³/mol. The zero-order valence-corrected chi connectivity index (χ0v) is 12.7. The minimum absolute atomic E-state index is 0.755. The van der Waals surface area contributed by atoms with Crippen molar-refractivity contribution in [3.8, 4) is 0 Å². The van der Waals surface area contributed by atoms with Crippen LogP contribution in [0.5, 0.6) is 0 Å². The predicted octanol–water partition coefficient (Wildman–Crippen LogP) is 1.56. The summed E-state index contributed by atoms with van der Waals surface area (Å²) < 4.78 is 2.82. The Labute approximate surface area is 121 Å². The number of aliphatic hydroxyl groups excluding tert-OH is 1. The molecule has 0 saturated carbocycles. The fourth-order valence-corrected chi connectivity index (χ4v) is 1.13. The van der Waals surface area contributed by atoms with Crippen molar-refractivity contribution in [2.24, 2.45) is 0 Å². The third-order valence-electron chi connectivity index (χ3n) is 1.69. The molecule has 0 unspecified atom stereocenters. The quantitative estimate of drug-likeness (QED) is 0.611. The van der Waals surface area contributed by atoms with Crippen molar-refractivity contribution in [2.45, 2.75) is 49.2 Å². The van der Waals surface area contributed by atoms with Gasteiger partial charge in [0.15, 0.2) is 6.04 Å². The van der Waals surface area contributed by atoms with E-state index in [9.17, 15) is 14.7 Å². The molecule has 0 aromatic rings. The molecule has 0 rings (SSSR count). The van der Waals surface area contributed by atoms with E-state index in [1.54, 1.807) is 20.8 Å². The topological polar surface area (TPSA) is 75.6 Å². The fraction of sp³-hybridized carbons (Fsp3) is 0.800. The molecule has 5 nitrogen and oxygen atoms in total. The number of alkyl halides is 3. The summed E-state index contributed by atoms with van der Waals surface area (Å²) >= 11 is 16.1. The van der Waals surface area contributed by atoms with Gasteiger partial charge in [-0.25, -0.2) is 4.79 Å². The molecule has 0 aliphatic heterocycles. The van der Waals surface area contributed by atoms with E-state index in [0.29, 0.717) is 0 Å². The van der Waals surface area contributed by atoms with Crippen LogP contribution in [-0.4, -0.2) is 38.5 Å². The number of hydrogen-bond donors (Lipinski definition) is 2. The molecule has 18 heavy (non-hydrogen) atoms. The molecule has 2 N–H and O–H groups in total. The highest BCUT2D eigenvalue weighted by molar-refractivity contribution is 6.76. The van der Waals surface area contributed by atoms with Gasteiger partial charge < -0.3 is 15.2 Å². The van der Waals surface area contributed by atoms with E-state index in [-0.39, 0.29) is 0 Å². The molecule has 0 saturated heterocycles. The van der Waals surface area contributed by atoms with E-state index in [0.717, 1.165) is 0 Å². The first-order valence-corrected chi connectivity index (χ1v) is 6.26. The molecule has 0 spiro atoms. The van der Waals surface area contributed by atoms with Gasteiger partial charge in [0.25, 0.3) is 9.70 Å². The van der Waals surface area contributed by atoms with Crippen LogP contribution in [0.3, 0.4) is 0 Å². The lowest BCUT2D eigenvalue weighted by Gasteiger charge is -2.26. The maximum atomic E-state index is 11.7. The molecule has 0 aromatic carbocycles. The Morgan fingerprint density at radius 1 is 1.22 bits per heavy atom. The van der Waals surface area contributed by atoms with Crippen molar-refractivity contribution in [3.05, 3.63) is 0 Å². The second-order valence-corrected chi connectivity index (χ2v) is 7.00. The van der Waals surface area contributed by atoms with Crippen molar-refractivity contribution < 1.29 is 19.4 Å². The summed E-state index contributed by atoms with van der Waals surface area (Å²) in [6, 6.07) is -1.30. The van der Waals surface area contributed by atoms with Crippen LogP contribution in [-0.2, 0) is 14.3 Å². The number of ether oxygens (including phenoxy) is 1. The largest absolute Gasteiger partial charge is 0.458 e. The van der Waals surface area contributed by atoms with Crippen molar-refractivity contribution in [1.29, 1.82) is 0 Å². The van der Waals surface area contributed by atoms with Crippen LogP contribution in [0, 0.1) is 0 Å². The van der Waals surface area contributed by atoms with Gasteiger partial charge in [-0.2, -0.15) is 0 Å². The number of aliphatic hydroxyl groups is 1. The second kappa shape index (κ2) is 6.28. The molecule has 0 aromatic heterocycles. The molecule has 1 amide bonds. The summed E-state index contributed by atoms with van der Waals surface area (Å²) in [4.78, 5) is 23.2. The SMILES string of the molecule is C[C@H](O)[C@@H](NC(=O)C(Cl)(Cl)Cl)C(=O)OC(C)(C)C. The number of halogens is 3. The van der Waals surface area contributed by atoms with Gasteiger partial charge in [-0.05, 0) is 27.7 Å². The minimum Gasteiger partial charge on any atom is -0.458 e. The van der Waals surface area contributed by atoms with Crippen LogP contribution >= 0.6 is 34.8 Å². The number of carbonyl (C=O) groups excluding carboxylic acids is 2. The molecule has 2 atom stereocenters. The normalized spacial score (nSPS) is 15.8. The van der Waals surface area contributed by atoms with Crippen molar-refractivity contribution in [1.82, 2.24) is 5.32 Å². The lowest BCUT2D eigenvalue weighted by Crippen LogP contribution is -2.52. The molecule has 8 heteroatoms. The molecular weight excluding hydrogens is 304 g/mol. The summed E-state index contributed by atoms with van der Waals surface area (Å²) in [7, 11) is 0. The number of amides is 1. The Morgan fingerprint density at radius 3 is 1.94 bits per heavy atom. The number of carbonyl (C=O) groups is 2. The Hall–Kier alpha value is -0.230. The third-order valence-corrected chi connectivity index (χ3v) is 2.20. The molecule has 0 fully saturated rings. The van der Waals surface area contributed by atoms with Gasteiger partial charge in [-0.15, -0.1) is 0 Å². The Morgan fingerprint density at radius 2 is 1.67 bits per heavy atom. The Balaban J connectivity index is 4.79. The Bertz CT molecular complexity index is 320. The standard InChI is InChI=1S/C10H16Cl3NO4/c1-5(15)6(7(16)18-9(2,3)4)14-8(17)10(11,12)13/h5-6,15H,1-4H3,(H,14,17)/t5-,6+/m0/s1. The van der Waals surface area contributed by atoms with Crippen LogP contribution in [0.2, 0.25) is 0 Å². The van der Waals surface area contributed by atoms with Gasteiger partial charge >= 0.3 is 5.97 Å². The first kappa shape index (κ1) is 17.8. The van der Waals surface area contributed by atoms with Gasteiger partial charge in [-0.1, -0.05) is 34.8 Å². The van der Waals surface area contributed by atoms with Crippen LogP contribution < -0.4 is 5.32 Å². The average Bonchev–Trinajstić information content (AvgIpc) is 2.07. The zero-order valence-electron chi connectivity index (χ0n) is 10.5. The molecule has 0 radical (unpaired) electrons. The highest BCUT2D eigenvalue weighted by atomic mass is 35.6. The van der Waals surface area contributed by atoms with Crippen molar-refractivity contribution in [3.63, 3.8) is 0 Å².